The predicted molar refractivity (Wildman–Crippen MR) is 137 cm³/mol. The van der Waals surface area contributed by atoms with Gasteiger partial charge in [0.2, 0.25) is 5.91 Å². The Kier molecular flexibility index (Phi) is 9.81. The lowest BCUT2D eigenvalue weighted by atomic mass is 9.95. The van der Waals surface area contributed by atoms with Gasteiger partial charge >= 0.3 is 0 Å². The average molecular weight is 531 g/mol. The molecule has 1 fully saturated rings. The van der Waals surface area contributed by atoms with E-state index in [0.29, 0.717) is 18.7 Å². The topological polar surface area (TPSA) is 67.9 Å². The number of hydrogen-bond donors (Lipinski definition) is 1. The fourth-order valence-electron chi connectivity index (χ4n) is 4.33. The number of methoxy groups -OCH3 is 1. The molecule has 1 aliphatic carbocycles. The standard InChI is InChI=1S/C27H35BrN2O4/c1-4-25(27(32)29-21-8-6-5-7-9-21)30(17-20-10-12-22(33-3)13-11-20)26(31)18-34-23-14-15-24(28)19(2)16-23/h10-16,21,25H,4-9,17-18H2,1-3H3,(H,29,32)/t25-/m0/s1. The van der Waals surface area contributed by atoms with Crippen molar-refractivity contribution >= 4 is 27.7 Å². The molecule has 0 aliphatic heterocycles. The summed E-state index contributed by atoms with van der Waals surface area (Å²) in [5, 5.41) is 3.20. The maximum absolute atomic E-state index is 13.4. The fraction of sp³-hybridized carbons (Fsp3) is 0.481. The lowest BCUT2D eigenvalue weighted by molar-refractivity contribution is -0.143. The number of aryl methyl sites for hydroxylation is 1. The van der Waals surface area contributed by atoms with Gasteiger partial charge in [-0.05, 0) is 67.6 Å². The van der Waals surface area contributed by atoms with Crippen LogP contribution in [-0.2, 0) is 16.1 Å². The second-order valence-corrected chi connectivity index (χ2v) is 9.69. The maximum atomic E-state index is 13.4. The predicted octanol–water partition coefficient (Wildman–Crippen LogP) is 5.40. The Labute approximate surface area is 211 Å². The Hall–Kier alpha value is -2.54. The van der Waals surface area contributed by atoms with E-state index in [0.717, 1.165) is 47.0 Å². The van der Waals surface area contributed by atoms with Crippen molar-refractivity contribution in [2.75, 3.05) is 13.7 Å². The van der Waals surface area contributed by atoms with Gasteiger partial charge in [0.25, 0.3) is 5.91 Å². The van der Waals surface area contributed by atoms with Gasteiger partial charge < -0.3 is 19.7 Å². The van der Waals surface area contributed by atoms with Crippen LogP contribution in [0.15, 0.2) is 46.9 Å². The molecular formula is C27H35BrN2O4. The first kappa shape index (κ1) is 26.1. The molecule has 1 saturated carbocycles. The third-order valence-electron chi connectivity index (χ3n) is 6.34. The number of nitrogens with one attached hydrogen (secondary N) is 1. The molecule has 0 bridgehead atoms. The molecule has 2 amide bonds. The van der Waals surface area contributed by atoms with E-state index in [2.05, 4.69) is 21.2 Å². The van der Waals surface area contributed by atoms with Crippen molar-refractivity contribution in [3.8, 4) is 11.5 Å². The largest absolute Gasteiger partial charge is 0.497 e. The molecule has 2 aromatic carbocycles. The molecule has 2 aromatic rings. The van der Waals surface area contributed by atoms with E-state index < -0.39 is 6.04 Å². The Morgan fingerprint density at radius 1 is 1.09 bits per heavy atom. The molecule has 34 heavy (non-hydrogen) atoms. The molecule has 3 rings (SSSR count). The number of amides is 2. The Bertz CT molecular complexity index is 958. The number of carbonyl (C=O) groups excluding carboxylic acids is 2. The maximum Gasteiger partial charge on any atom is 0.261 e. The zero-order valence-electron chi connectivity index (χ0n) is 20.3. The van der Waals surface area contributed by atoms with Gasteiger partial charge in [0.15, 0.2) is 6.61 Å². The van der Waals surface area contributed by atoms with Gasteiger partial charge in [0.05, 0.1) is 7.11 Å². The summed E-state index contributed by atoms with van der Waals surface area (Å²) >= 11 is 3.48. The second-order valence-electron chi connectivity index (χ2n) is 8.84. The first-order chi connectivity index (χ1) is 16.4. The van der Waals surface area contributed by atoms with E-state index in [-0.39, 0.29) is 24.5 Å². The van der Waals surface area contributed by atoms with E-state index >= 15 is 0 Å². The highest BCUT2D eigenvalue weighted by Gasteiger charge is 2.30. The lowest BCUT2D eigenvalue weighted by Gasteiger charge is -2.32. The smallest absolute Gasteiger partial charge is 0.261 e. The van der Waals surface area contributed by atoms with Gasteiger partial charge in [-0.1, -0.05) is 54.2 Å². The molecule has 6 nitrogen and oxygen atoms in total. The summed E-state index contributed by atoms with van der Waals surface area (Å²) < 4.78 is 12.1. The number of benzene rings is 2. The molecule has 0 heterocycles. The van der Waals surface area contributed by atoms with Crippen LogP contribution in [0.4, 0.5) is 0 Å². The van der Waals surface area contributed by atoms with Gasteiger partial charge in [-0.2, -0.15) is 0 Å². The van der Waals surface area contributed by atoms with Crippen LogP contribution in [0.5, 0.6) is 11.5 Å². The van der Waals surface area contributed by atoms with Crippen molar-refractivity contribution in [3.63, 3.8) is 0 Å². The van der Waals surface area contributed by atoms with Crippen LogP contribution in [0.1, 0.15) is 56.6 Å². The van der Waals surface area contributed by atoms with E-state index in [9.17, 15) is 9.59 Å². The molecule has 1 atom stereocenters. The third kappa shape index (κ3) is 7.23. The number of nitrogens with zero attached hydrogens (tertiary/aromatic N) is 1. The normalized spacial score (nSPS) is 14.8. The highest BCUT2D eigenvalue weighted by molar-refractivity contribution is 9.10. The molecular weight excluding hydrogens is 496 g/mol. The van der Waals surface area contributed by atoms with Gasteiger partial charge in [-0.3, -0.25) is 9.59 Å². The van der Waals surface area contributed by atoms with Crippen LogP contribution >= 0.6 is 15.9 Å². The number of rotatable bonds is 10. The Morgan fingerprint density at radius 2 is 1.76 bits per heavy atom. The average Bonchev–Trinajstić information content (AvgIpc) is 2.85. The molecule has 1 N–H and O–H groups in total. The van der Waals surface area contributed by atoms with E-state index in [4.69, 9.17) is 9.47 Å². The number of ether oxygens (including phenoxy) is 2. The van der Waals surface area contributed by atoms with Gasteiger partial charge in [-0.15, -0.1) is 0 Å². The van der Waals surface area contributed by atoms with Gasteiger partial charge in [-0.25, -0.2) is 0 Å². The first-order valence-electron chi connectivity index (χ1n) is 12.0. The zero-order valence-corrected chi connectivity index (χ0v) is 21.9. The highest BCUT2D eigenvalue weighted by atomic mass is 79.9. The zero-order chi connectivity index (χ0) is 24.5. The van der Waals surface area contributed by atoms with E-state index in [1.54, 1.807) is 12.0 Å². The number of carbonyl (C=O) groups is 2. The second kappa shape index (κ2) is 12.8. The van der Waals surface area contributed by atoms with Crippen LogP contribution in [0, 0.1) is 6.92 Å². The quantitative estimate of drug-likeness (QED) is 0.446. The summed E-state index contributed by atoms with van der Waals surface area (Å²) in [6, 6.07) is 12.8. The van der Waals surface area contributed by atoms with Gasteiger partial charge in [0, 0.05) is 17.1 Å². The van der Waals surface area contributed by atoms with Crippen LogP contribution in [-0.4, -0.2) is 42.5 Å². The fourth-order valence-corrected chi connectivity index (χ4v) is 4.57. The van der Waals surface area contributed by atoms with E-state index in [1.165, 1.54) is 6.42 Å². The van der Waals surface area contributed by atoms with Crippen molar-refractivity contribution in [3.05, 3.63) is 58.1 Å². The summed E-state index contributed by atoms with van der Waals surface area (Å²) in [5.41, 5.74) is 1.95. The molecule has 0 aromatic heterocycles. The van der Waals surface area contributed by atoms with Crippen LogP contribution < -0.4 is 14.8 Å². The molecule has 0 unspecified atom stereocenters. The molecule has 1 aliphatic rings. The van der Waals surface area contributed by atoms with Crippen molar-refractivity contribution in [1.82, 2.24) is 10.2 Å². The van der Waals surface area contributed by atoms with Gasteiger partial charge in [0.1, 0.15) is 17.5 Å². The van der Waals surface area contributed by atoms with Crippen molar-refractivity contribution in [1.29, 1.82) is 0 Å². The van der Waals surface area contributed by atoms with Crippen molar-refractivity contribution in [2.45, 2.75) is 71.0 Å². The summed E-state index contributed by atoms with van der Waals surface area (Å²) in [6.45, 7) is 4.10. The molecule has 184 valence electrons. The first-order valence-corrected chi connectivity index (χ1v) is 12.8. The number of halogens is 1. The lowest BCUT2D eigenvalue weighted by Crippen LogP contribution is -2.52. The molecule has 7 heteroatoms. The summed E-state index contributed by atoms with van der Waals surface area (Å²) in [6.07, 6.45) is 6.02. The Morgan fingerprint density at radius 3 is 2.38 bits per heavy atom. The third-order valence-corrected chi connectivity index (χ3v) is 7.23. The SMILES string of the molecule is CC[C@@H](C(=O)NC1CCCCC1)N(Cc1ccc(OC)cc1)C(=O)COc1ccc(Br)c(C)c1. The minimum absolute atomic E-state index is 0.0873. The van der Waals surface area contributed by atoms with Crippen LogP contribution in [0.25, 0.3) is 0 Å². The van der Waals surface area contributed by atoms with Crippen molar-refractivity contribution in [2.24, 2.45) is 0 Å². The summed E-state index contributed by atoms with van der Waals surface area (Å²) in [4.78, 5) is 28.3. The van der Waals surface area contributed by atoms with Crippen molar-refractivity contribution < 1.29 is 19.1 Å². The van der Waals surface area contributed by atoms with Crippen LogP contribution in [0.3, 0.4) is 0 Å². The molecule has 0 radical (unpaired) electrons. The van der Waals surface area contributed by atoms with E-state index in [1.807, 2.05) is 56.3 Å². The summed E-state index contributed by atoms with van der Waals surface area (Å²) in [7, 11) is 1.62. The Balaban J connectivity index is 1.76. The monoisotopic (exact) mass is 530 g/mol. The molecule has 0 saturated heterocycles. The minimum atomic E-state index is -0.563. The number of hydrogen-bond acceptors (Lipinski definition) is 4. The summed E-state index contributed by atoms with van der Waals surface area (Å²) in [5.74, 6) is 1.06. The highest BCUT2D eigenvalue weighted by Crippen LogP contribution is 2.23. The minimum Gasteiger partial charge on any atom is -0.497 e. The van der Waals surface area contributed by atoms with Crippen LogP contribution in [0.2, 0.25) is 0 Å². The molecule has 0 spiro atoms.